The fourth-order valence-electron chi connectivity index (χ4n) is 3.61. The molecule has 0 aliphatic carbocycles. The SMILES string of the molecule is C[C@H](c1ccc(F)cc1)N(C)C(=O)CN1C[C@@H](O)C[C@H]1c1cc(F)ccc1F. The van der Waals surface area contributed by atoms with Gasteiger partial charge in [-0.25, -0.2) is 13.2 Å². The molecule has 1 amide bonds. The van der Waals surface area contributed by atoms with Gasteiger partial charge in [-0.1, -0.05) is 12.1 Å². The highest BCUT2D eigenvalue weighted by Gasteiger charge is 2.35. The zero-order chi connectivity index (χ0) is 20.4. The molecule has 1 fully saturated rings. The maximum absolute atomic E-state index is 14.2. The van der Waals surface area contributed by atoms with Crippen molar-refractivity contribution in [2.75, 3.05) is 20.1 Å². The summed E-state index contributed by atoms with van der Waals surface area (Å²) >= 11 is 0. The Labute approximate surface area is 162 Å². The summed E-state index contributed by atoms with van der Waals surface area (Å²) in [5, 5.41) is 10.0. The Morgan fingerprint density at radius 1 is 1.18 bits per heavy atom. The topological polar surface area (TPSA) is 43.8 Å². The van der Waals surface area contributed by atoms with Crippen molar-refractivity contribution in [1.82, 2.24) is 9.80 Å². The van der Waals surface area contributed by atoms with Gasteiger partial charge in [-0.2, -0.15) is 0 Å². The Balaban J connectivity index is 1.74. The maximum atomic E-state index is 14.2. The third kappa shape index (κ3) is 4.36. The first-order valence-corrected chi connectivity index (χ1v) is 9.14. The molecule has 2 aromatic rings. The highest BCUT2D eigenvalue weighted by atomic mass is 19.1. The Morgan fingerprint density at radius 2 is 1.82 bits per heavy atom. The van der Waals surface area contributed by atoms with Gasteiger partial charge < -0.3 is 10.0 Å². The van der Waals surface area contributed by atoms with E-state index < -0.39 is 23.8 Å². The van der Waals surface area contributed by atoms with Crippen molar-refractivity contribution in [2.24, 2.45) is 0 Å². The van der Waals surface area contributed by atoms with E-state index in [0.29, 0.717) is 0 Å². The van der Waals surface area contributed by atoms with Gasteiger partial charge >= 0.3 is 0 Å². The number of amides is 1. The van der Waals surface area contributed by atoms with Crippen molar-refractivity contribution in [2.45, 2.75) is 31.5 Å². The molecule has 0 spiro atoms. The lowest BCUT2D eigenvalue weighted by atomic mass is 10.0. The van der Waals surface area contributed by atoms with Gasteiger partial charge in [-0.3, -0.25) is 9.69 Å². The average Bonchev–Trinajstić information content (AvgIpc) is 3.03. The molecule has 0 aromatic heterocycles. The second kappa shape index (κ2) is 8.32. The quantitative estimate of drug-likeness (QED) is 0.848. The summed E-state index contributed by atoms with van der Waals surface area (Å²) in [7, 11) is 1.64. The van der Waals surface area contributed by atoms with Gasteiger partial charge in [0, 0.05) is 25.2 Å². The number of halogens is 3. The zero-order valence-corrected chi connectivity index (χ0v) is 15.8. The minimum absolute atomic E-state index is 0.0419. The number of hydrogen-bond acceptors (Lipinski definition) is 3. The molecule has 0 saturated carbocycles. The molecule has 0 unspecified atom stereocenters. The van der Waals surface area contributed by atoms with Crippen molar-refractivity contribution in [3.05, 3.63) is 71.0 Å². The molecule has 0 radical (unpaired) electrons. The number of carbonyl (C=O) groups excluding carboxylic acids is 1. The van der Waals surface area contributed by atoms with Gasteiger partial charge in [0.25, 0.3) is 0 Å². The molecular formula is C21H23F3N2O2. The molecule has 1 N–H and O–H groups in total. The number of aliphatic hydroxyl groups excluding tert-OH is 1. The molecule has 3 atom stereocenters. The molecule has 1 aliphatic rings. The minimum Gasteiger partial charge on any atom is -0.392 e. The number of likely N-dealkylation sites (tertiary alicyclic amines) is 1. The number of aliphatic hydroxyl groups is 1. The second-order valence-corrected chi connectivity index (χ2v) is 7.23. The zero-order valence-electron chi connectivity index (χ0n) is 15.8. The second-order valence-electron chi connectivity index (χ2n) is 7.23. The van der Waals surface area contributed by atoms with Crippen LogP contribution in [0.5, 0.6) is 0 Å². The monoisotopic (exact) mass is 392 g/mol. The first-order valence-electron chi connectivity index (χ1n) is 9.14. The molecule has 150 valence electrons. The number of β-amino-alcohol motifs (C(OH)–C–C–N with tert-alkyl or cyclic N) is 1. The minimum atomic E-state index is -0.722. The van der Waals surface area contributed by atoms with Crippen LogP contribution < -0.4 is 0 Å². The van der Waals surface area contributed by atoms with Crippen LogP contribution in [0.25, 0.3) is 0 Å². The van der Waals surface area contributed by atoms with E-state index in [9.17, 15) is 23.1 Å². The van der Waals surface area contributed by atoms with Crippen LogP contribution in [0, 0.1) is 17.5 Å². The van der Waals surface area contributed by atoms with Crippen LogP contribution in [-0.2, 0) is 4.79 Å². The molecule has 1 heterocycles. The van der Waals surface area contributed by atoms with E-state index >= 15 is 0 Å². The summed E-state index contributed by atoms with van der Waals surface area (Å²) in [5.74, 6) is -1.71. The van der Waals surface area contributed by atoms with E-state index in [4.69, 9.17) is 0 Å². The summed E-state index contributed by atoms with van der Waals surface area (Å²) in [6.07, 6.45) is -0.495. The first-order chi connectivity index (χ1) is 13.3. The van der Waals surface area contributed by atoms with Crippen LogP contribution in [-0.4, -0.2) is 47.1 Å². The third-order valence-electron chi connectivity index (χ3n) is 5.36. The number of likely N-dealkylation sites (N-methyl/N-ethyl adjacent to an activating group) is 1. The van der Waals surface area contributed by atoms with E-state index in [1.165, 1.54) is 17.0 Å². The Bertz CT molecular complexity index is 844. The smallest absolute Gasteiger partial charge is 0.237 e. The summed E-state index contributed by atoms with van der Waals surface area (Å²) < 4.78 is 40.9. The predicted molar refractivity (Wildman–Crippen MR) is 98.9 cm³/mol. The molecule has 1 aliphatic heterocycles. The number of rotatable bonds is 5. The van der Waals surface area contributed by atoms with Crippen LogP contribution >= 0.6 is 0 Å². The largest absolute Gasteiger partial charge is 0.392 e. The van der Waals surface area contributed by atoms with Gasteiger partial charge in [0.2, 0.25) is 5.91 Å². The van der Waals surface area contributed by atoms with Crippen molar-refractivity contribution in [3.8, 4) is 0 Å². The van der Waals surface area contributed by atoms with Crippen LogP contribution in [0.4, 0.5) is 13.2 Å². The number of benzene rings is 2. The average molecular weight is 392 g/mol. The number of carbonyl (C=O) groups is 1. The fraction of sp³-hybridized carbons (Fsp3) is 0.381. The number of hydrogen-bond donors (Lipinski definition) is 1. The van der Waals surface area contributed by atoms with E-state index in [2.05, 4.69) is 0 Å². The van der Waals surface area contributed by atoms with E-state index in [1.54, 1.807) is 24.1 Å². The third-order valence-corrected chi connectivity index (χ3v) is 5.36. The lowest BCUT2D eigenvalue weighted by Crippen LogP contribution is -2.40. The Kier molecular flexibility index (Phi) is 6.05. The van der Waals surface area contributed by atoms with Crippen molar-refractivity contribution < 1.29 is 23.1 Å². The molecule has 28 heavy (non-hydrogen) atoms. The molecule has 4 nitrogen and oxygen atoms in total. The molecule has 3 rings (SSSR count). The predicted octanol–water partition coefficient (Wildman–Crippen LogP) is 3.43. The lowest BCUT2D eigenvalue weighted by Gasteiger charge is -2.30. The van der Waals surface area contributed by atoms with E-state index in [-0.39, 0.29) is 42.8 Å². The normalized spacial score (nSPS) is 20.9. The van der Waals surface area contributed by atoms with Crippen molar-refractivity contribution >= 4 is 5.91 Å². The van der Waals surface area contributed by atoms with Gasteiger partial charge in [0.1, 0.15) is 17.5 Å². The summed E-state index contributed by atoms with van der Waals surface area (Å²) in [6.45, 7) is 1.98. The van der Waals surface area contributed by atoms with Gasteiger partial charge in [0.15, 0.2) is 0 Å². The molecule has 2 aromatic carbocycles. The molecule has 0 bridgehead atoms. The van der Waals surface area contributed by atoms with Crippen LogP contribution in [0.3, 0.4) is 0 Å². The van der Waals surface area contributed by atoms with Crippen LogP contribution in [0.1, 0.15) is 36.6 Å². The van der Waals surface area contributed by atoms with Crippen molar-refractivity contribution in [1.29, 1.82) is 0 Å². The van der Waals surface area contributed by atoms with Crippen molar-refractivity contribution in [3.63, 3.8) is 0 Å². The standard InChI is InChI=1S/C21H23F3N2O2/c1-13(14-3-5-15(22)6-4-14)25(2)21(28)12-26-11-17(27)10-20(26)18-9-16(23)7-8-19(18)24/h3-9,13,17,20,27H,10-12H2,1-2H3/t13-,17+,20+/m1/s1. The highest BCUT2D eigenvalue weighted by molar-refractivity contribution is 5.78. The van der Waals surface area contributed by atoms with Gasteiger partial charge in [-0.05, 0) is 49.2 Å². The Hall–Kier alpha value is -2.38. The first kappa shape index (κ1) is 20.4. The Morgan fingerprint density at radius 3 is 2.50 bits per heavy atom. The summed E-state index contributed by atoms with van der Waals surface area (Å²) in [6, 6.07) is 8.25. The highest BCUT2D eigenvalue weighted by Crippen LogP contribution is 2.34. The van der Waals surface area contributed by atoms with Crippen LogP contribution in [0.2, 0.25) is 0 Å². The molecule has 1 saturated heterocycles. The van der Waals surface area contributed by atoms with Gasteiger partial charge in [0.05, 0.1) is 18.7 Å². The lowest BCUT2D eigenvalue weighted by molar-refractivity contribution is -0.133. The van der Waals surface area contributed by atoms with Crippen LogP contribution in [0.15, 0.2) is 42.5 Å². The number of nitrogens with zero attached hydrogens (tertiary/aromatic N) is 2. The van der Waals surface area contributed by atoms with Gasteiger partial charge in [-0.15, -0.1) is 0 Å². The maximum Gasteiger partial charge on any atom is 0.237 e. The molecule has 7 heteroatoms. The van der Waals surface area contributed by atoms with E-state index in [1.807, 2.05) is 6.92 Å². The molecular weight excluding hydrogens is 369 g/mol. The summed E-state index contributed by atoms with van der Waals surface area (Å²) in [4.78, 5) is 16.0. The fourth-order valence-corrected chi connectivity index (χ4v) is 3.61. The summed E-state index contributed by atoms with van der Waals surface area (Å²) in [5.41, 5.74) is 0.921. The van der Waals surface area contributed by atoms with E-state index in [0.717, 1.165) is 23.8 Å².